The molecule has 0 unspecified atom stereocenters. The van der Waals surface area contributed by atoms with E-state index in [2.05, 4.69) is 17.6 Å². The summed E-state index contributed by atoms with van der Waals surface area (Å²) in [6.45, 7) is 5.91. The van der Waals surface area contributed by atoms with Crippen molar-refractivity contribution < 1.29 is 9.59 Å². The van der Waals surface area contributed by atoms with Gasteiger partial charge in [0.1, 0.15) is 0 Å². The first-order valence-corrected chi connectivity index (χ1v) is 9.40. The Labute approximate surface area is 153 Å². The number of aryl methyl sites for hydroxylation is 1. The van der Waals surface area contributed by atoms with Crippen molar-refractivity contribution in [3.8, 4) is 0 Å². The fourth-order valence-electron chi connectivity index (χ4n) is 2.43. The Morgan fingerprint density at radius 3 is 2.44 bits per heavy atom. The summed E-state index contributed by atoms with van der Waals surface area (Å²) in [4.78, 5) is 25.3. The second-order valence-corrected chi connectivity index (χ2v) is 6.99. The van der Waals surface area contributed by atoms with Gasteiger partial charge in [-0.25, -0.2) is 0 Å². The second kappa shape index (κ2) is 9.28. The number of hydrogen-bond acceptors (Lipinski definition) is 3. The molecule has 0 saturated heterocycles. The molecule has 0 saturated carbocycles. The normalized spacial score (nSPS) is 10.6. The highest BCUT2D eigenvalue weighted by atomic mass is 32.2. The fourth-order valence-corrected chi connectivity index (χ4v) is 3.29. The first-order chi connectivity index (χ1) is 12.0. The molecule has 2 amide bonds. The van der Waals surface area contributed by atoms with Crippen LogP contribution in [0.3, 0.4) is 0 Å². The van der Waals surface area contributed by atoms with E-state index in [1.165, 1.54) is 11.8 Å². The van der Waals surface area contributed by atoms with E-state index >= 15 is 0 Å². The van der Waals surface area contributed by atoms with Gasteiger partial charge in [0.2, 0.25) is 5.91 Å². The molecule has 25 heavy (non-hydrogen) atoms. The highest BCUT2D eigenvalue weighted by Gasteiger charge is 2.14. The fraction of sp³-hybridized carbons (Fsp3) is 0.300. The average molecular weight is 356 g/mol. The molecule has 5 heteroatoms. The van der Waals surface area contributed by atoms with Crippen LogP contribution in [0.5, 0.6) is 0 Å². The van der Waals surface area contributed by atoms with Crippen molar-refractivity contribution in [2.75, 3.05) is 11.1 Å². The number of hydrogen-bond donors (Lipinski definition) is 2. The van der Waals surface area contributed by atoms with Crippen LogP contribution in [0.4, 0.5) is 5.69 Å². The minimum Gasteiger partial charge on any atom is -0.353 e. The summed E-state index contributed by atoms with van der Waals surface area (Å²) >= 11 is 1.37. The molecule has 2 aromatic rings. The lowest BCUT2D eigenvalue weighted by Crippen LogP contribution is -2.31. The average Bonchev–Trinajstić information content (AvgIpc) is 2.60. The van der Waals surface area contributed by atoms with Crippen LogP contribution >= 0.6 is 11.8 Å². The largest absolute Gasteiger partial charge is 0.353 e. The summed E-state index contributed by atoms with van der Waals surface area (Å²) in [6, 6.07) is 15.3. The molecule has 4 nitrogen and oxygen atoms in total. The van der Waals surface area contributed by atoms with E-state index in [0.717, 1.165) is 22.6 Å². The van der Waals surface area contributed by atoms with Gasteiger partial charge in [0.25, 0.3) is 5.91 Å². The van der Waals surface area contributed by atoms with Crippen LogP contribution in [0.1, 0.15) is 36.7 Å². The molecule has 0 aliphatic rings. The molecule has 0 fully saturated rings. The number of rotatable bonds is 7. The summed E-state index contributed by atoms with van der Waals surface area (Å²) in [7, 11) is 0. The van der Waals surface area contributed by atoms with Crippen molar-refractivity contribution in [2.24, 2.45) is 0 Å². The predicted molar refractivity (Wildman–Crippen MR) is 104 cm³/mol. The Balaban J connectivity index is 2.11. The number of nitrogens with one attached hydrogen (secondary N) is 2. The maximum Gasteiger partial charge on any atom is 0.256 e. The van der Waals surface area contributed by atoms with Crippen molar-refractivity contribution >= 4 is 29.3 Å². The van der Waals surface area contributed by atoms with E-state index in [0.29, 0.717) is 5.56 Å². The number of para-hydroxylation sites is 1. The third-order valence-electron chi connectivity index (χ3n) is 3.59. The van der Waals surface area contributed by atoms with Crippen LogP contribution in [0, 0.1) is 0 Å². The standard InChI is InChI=1S/C20H24N2O2S/c1-4-15-9-5-7-11-17(15)22-20(24)16-10-6-8-12-18(16)25-13-19(23)21-14(2)3/h5-12,14H,4,13H2,1-3H3,(H,21,23)(H,22,24). The number of amides is 2. The molecule has 0 atom stereocenters. The van der Waals surface area contributed by atoms with Crippen molar-refractivity contribution in [2.45, 2.75) is 38.1 Å². The molecule has 2 rings (SSSR count). The third-order valence-corrected chi connectivity index (χ3v) is 4.66. The van der Waals surface area contributed by atoms with Crippen LogP contribution in [0.2, 0.25) is 0 Å². The third kappa shape index (κ3) is 5.64. The summed E-state index contributed by atoms with van der Waals surface area (Å²) in [5.74, 6) is 0.0911. The Hall–Kier alpha value is -2.27. The van der Waals surface area contributed by atoms with Gasteiger partial charge in [0.15, 0.2) is 0 Å². The summed E-state index contributed by atoms with van der Waals surface area (Å²) in [5.41, 5.74) is 2.50. The van der Waals surface area contributed by atoms with Gasteiger partial charge in [-0.3, -0.25) is 9.59 Å². The zero-order valence-electron chi connectivity index (χ0n) is 14.8. The Morgan fingerprint density at radius 2 is 1.72 bits per heavy atom. The number of carbonyl (C=O) groups excluding carboxylic acids is 2. The van der Waals surface area contributed by atoms with E-state index in [1.54, 1.807) is 6.07 Å². The van der Waals surface area contributed by atoms with Gasteiger partial charge in [-0.15, -0.1) is 11.8 Å². The zero-order chi connectivity index (χ0) is 18.2. The first-order valence-electron chi connectivity index (χ1n) is 8.41. The Bertz CT molecular complexity index is 744. The molecule has 0 bridgehead atoms. The number of anilines is 1. The molecular weight excluding hydrogens is 332 g/mol. The van der Waals surface area contributed by atoms with Crippen molar-refractivity contribution in [3.05, 3.63) is 59.7 Å². The maximum atomic E-state index is 12.7. The molecule has 132 valence electrons. The first kappa shape index (κ1) is 19.1. The Kier molecular flexibility index (Phi) is 7.07. The van der Waals surface area contributed by atoms with Crippen LogP contribution in [0.25, 0.3) is 0 Å². The molecule has 0 heterocycles. The number of carbonyl (C=O) groups is 2. The molecule has 0 spiro atoms. The van der Waals surface area contributed by atoms with Gasteiger partial charge in [-0.1, -0.05) is 37.3 Å². The molecule has 0 aliphatic carbocycles. The quantitative estimate of drug-likeness (QED) is 0.734. The summed E-state index contributed by atoms with van der Waals surface area (Å²) < 4.78 is 0. The molecule has 0 radical (unpaired) electrons. The monoisotopic (exact) mass is 356 g/mol. The predicted octanol–water partition coefficient (Wildman–Crippen LogP) is 4.12. The van der Waals surface area contributed by atoms with E-state index in [-0.39, 0.29) is 23.6 Å². The van der Waals surface area contributed by atoms with E-state index in [9.17, 15) is 9.59 Å². The molecule has 2 N–H and O–H groups in total. The summed E-state index contributed by atoms with van der Waals surface area (Å²) in [5, 5.41) is 5.84. The van der Waals surface area contributed by atoms with Crippen molar-refractivity contribution in [1.29, 1.82) is 0 Å². The minimum absolute atomic E-state index is 0.0356. The van der Waals surface area contributed by atoms with Gasteiger partial charge >= 0.3 is 0 Å². The molecular formula is C20H24N2O2S. The van der Waals surface area contributed by atoms with Crippen molar-refractivity contribution in [3.63, 3.8) is 0 Å². The van der Waals surface area contributed by atoms with E-state index in [1.807, 2.05) is 56.3 Å². The van der Waals surface area contributed by atoms with Gasteiger partial charge in [-0.2, -0.15) is 0 Å². The molecule has 2 aromatic carbocycles. The van der Waals surface area contributed by atoms with Gasteiger partial charge < -0.3 is 10.6 Å². The highest BCUT2D eigenvalue weighted by Crippen LogP contribution is 2.24. The van der Waals surface area contributed by atoms with Crippen molar-refractivity contribution in [1.82, 2.24) is 5.32 Å². The van der Waals surface area contributed by atoms with Gasteiger partial charge in [0, 0.05) is 16.6 Å². The lowest BCUT2D eigenvalue weighted by molar-refractivity contribution is -0.119. The van der Waals surface area contributed by atoms with Crippen LogP contribution < -0.4 is 10.6 Å². The van der Waals surface area contributed by atoms with Crippen LogP contribution in [-0.4, -0.2) is 23.6 Å². The van der Waals surface area contributed by atoms with E-state index < -0.39 is 0 Å². The van der Waals surface area contributed by atoms with Gasteiger partial charge in [-0.05, 0) is 44.0 Å². The second-order valence-electron chi connectivity index (χ2n) is 5.97. The summed E-state index contributed by atoms with van der Waals surface area (Å²) in [6.07, 6.45) is 0.849. The lowest BCUT2D eigenvalue weighted by atomic mass is 10.1. The van der Waals surface area contributed by atoms with E-state index in [4.69, 9.17) is 0 Å². The topological polar surface area (TPSA) is 58.2 Å². The van der Waals surface area contributed by atoms with Gasteiger partial charge in [0.05, 0.1) is 11.3 Å². The smallest absolute Gasteiger partial charge is 0.256 e. The zero-order valence-corrected chi connectivity index (χ0v) is 15.7. The minimum atomic E-state index is -0.159. The molecule has 0 aromatic heterocycles. The van der Waals surface area contributed by atoms with Crippen LogP contribution in [-0.2, 0) is 11.2 Å². The highest BCUT2D eigenvalue weighted by molar-refractivity contribution is 8.00. The number of benzene rings is 2. The lowest BCUT2D eigenvalue weighted by Gasteiger charge is -2.13. The number of thioether (sulfide) groups is 1. The SMILES string of the molecule is CCc1ccccc1NC(=O)c1ccccc1SCC(=O)NC(C)C. The van der Waals surface area contributed by atoms with Crippen LogP contribution in [0.15, 0.2) is 53.4 Å². The maximum absolute atomic E-state index is 12.7. The Morgan fingerprint density at radius 1 is 1.04 bits per heavy atom. The molecule has 0 aliphatic heterocycles.